The molecular formula is C9H23N3. The molecule has 0 bridgehead atoms. The van der Waals surface area contributed by atoms with Gasteiger partial charge in [0.2, 0.25) is 0 Å². The van der Waals surface area contributed by atoms with Crippen LogP contribution in [0, 0.1) is 0 Å². The molecule has 0 spiro atoms. The molecule has 12 heavy (non-hydrogen) atoms. The molecule has 0 aromatic heterocycles. The second kappa shape index (κ2) is 5.51. The number of rotatable bonds is 6. The predicted octanol–water partition coefficient (Wildman–Crippen LogP) is 0.441. The Kier molecular flexibility index (Phi) is 5.46. The standard InChI is InChI=1S/C9H23N3/c1-8(7-9(2,3)11)12-6-4-5-10/h8,12H,4-7,10-11H2,1-3H3. The van der Waals surface area contributed by atoms with Gasteiger partial charge in [0.05, 0.1) is 0 Å². The van der Waals surface area contributed by atoms with E-state index in [0.29, 0.717) is 6.04 Å². The minimum absolute atomic E-state index is 0.0743. The molecule has 0 saturated heterocycles. The summed E-state index contributed by atoms with van der Waals surface area (Å²) in [5.41, 5.74) is 11.2. The van der Waals surface area contributed by atoms with Crippen molar-refractivity contribution in [2.45, 2.75) is 45.2 Å². The fourth-order valence-corrected chi connectivity index (χ4v) is 1.31. The van der Waals surface area contributed by atoms with Crippen molar-refractivity contribution in [3.05, 3.63) is 0 Å². The van der Waals surface area contributed by atoms with Crippen molar-refractivity contribution in [2.24, 2.45) is 11.5 Å². The number of hydrogen-bond acceptors (Lipinski definition) is 3. The Balaban J connectivity index is 3.40. The molecule has 1 unspecified atom stereocenters. The van der Waals surface area contributed by atoms with Gasteiger partial charge in [0.15, 0.2) is 0 Å². The third-order valence-electron chi connectivity index (χ3n) is 1.71. The highest BCUT2D eigenvalue weighted by atomic mass is 14.9. The highest BCUT2D eigenvalue weighted by molar-refractivity contribution is 4.77. The Morgan fingerprint density at radius 1 is 1.42 bits per heavy atom. The fourth-order valence-electron chi connectivity index (χ4n) is 1.31. The second-order valence-corrected chi connectivity index (χ2v) is 4.19. The Morgan fingerprint density at radius 2 is 2.00 bits per heavy atom. The molecule has 5 N–H and O–H groups in total. The molecule has 0 saturated carbocycles. The normalized spacial score (nSPS) is 14.8. The zero-order chi connectivity index (χ0) is 9.61. The van der Waals surface area contributed by atoms with Gasteiger partial charge in [-0.15, -0.1) is 0 Å². The molecular weight excluding hydrogens is 150 g/mol. The van der Waals surface area contributed by atoms with Crippen molar-refractivity contribution in [2.75, 3.05) is 13.1 Å². The largest absolute Gasteiger partial charge is 0.330 e. The lowest BCUT2D eigenvalue weighted by Gasteiger charge is -2.23. The van der Waals surface area contributed by atoms with Crippen molar-refractivity contribution in [3.63, 3.8) is 0 Å². The highest BCUT2D eigenvalue weighted by Gasteiger charge is 2.14. The summed E-state index contributed by atoms with van der Waals surface area (Å²) in [5.74, 6) is 0. The van der Waals surface area contributed by atoms with E-state index >= 15 is 0 Å². The Hall–Kier alpha value is -0.120. The molecule has 0 aromatic carbocycles. The molecule has 0 amide bonds. The number of nitrogens with one attached hydrogen (secondary N) is 1. The molecule has 0 aliphatic rings. The Labute approximate surface area is 75.9 Å². The molecule has 0 heterocycles. The van der Waals surface area contributed by atoms with Gasteiger partial charge in [0.25, 0.3) is 0 Å². The monoisotopic (exact) mass is 173 g/mol. The number of hydrogen-bond donors (Lipinski definition) is 3. The van der Waals surface area contributed by atoms with Gasteiger partial charge in [0, 0.05) is 11.6 Å². The SMILES string of the molecule is CC(CC(C)(C)N)NCCCN. The van der Waals surface area contributed by atoms with Gasteiger partial charge in [-0.2, -0.15) is 0 Å². The zero-order valence-corrected chi connectivity index (χ0v) is 8.56. The van der Waals surface area contributed by atoms with E-state index in [-0.39, 0.29) is 5.54 Å². The topological polar surface area (TPSA) is 64.1 Å². The summed E-state index contributed by atoms with van der Waals surface area (Å²) in [6.07, 6.45) is 2.03. The van der Waals surface area contributed by atoms with Crippen molar-refractivity contribution >= 4 is 0 Å². The van der Waals surface area contributed by atoms with Crippen molar-refractivity contribution in [3.8, 4) is 0 Å². The van der Waals surface area contributed by atoms with Gasteiger partial charge >= 0.3 is 0 Å². The lowest BCUT2D eigenvalue weighted by Crippen LogP contribution is -2.40. The summed E-state index contributed by atoms with van der Waals surface area (Å²) in [7, 11) is 0. The van der Waals surface area contributed by atoms with Gasteiger partial charge in [-0.3, -0.25) is 0 Å². The maximum atomic E-state index is 5.88. The molecule has 3 nitrogen and oxygen atoms in total. The molecule has 1 atom stereocenters. The van der Waals surface area contributed by atoms with Gasteiger partial charge in [-0.05, 0) is 46.7 Å². The van der Waals surface area contributed by atoms with E-state index in [4.69, 9.17) is 11.5 Å². The molecule has 0 radical (unpaired) electrons. The first-order valence-corrected chi connectivity index (χ1v) is 4.68. The van der Waals surface area contributed by atoms with Crippen LogP contribution in [-0.4, -0.2) is 24.7 Å². The van der Waals surface area contributed by atoms with Crippen LogP contribution in [0.1, 0.15) is 33.6 Å². The molecule has 0 fully saturated rings. The van der Waals surface area contributed by atoms with E-state index in [1.807, 2.05) is 13.8 Å². The van der Waals surface area contributed by atoms with Crippen LogP contribution in [-0.2, 0) is 0 Å². The van der Waals surface area contributed by atoms with Crippen LogP contribution in [0.15, 0.2) is 0 Å². The van der Waals surface area contributed by atoms with Gasteiger partial charge < -0.3 is 16.8 Å². The van der Waals surface area contributed by atoms with Crippen LogP contribution >= 0.6 is 0 Å². The third-order valence-corrected chi connectivity index (χ3v) is 1.71. The second-order valence-electron chi connectivity index (χ2n) is 4.19. The molecule has 0 aromatic rings. The van der Waals surface area contributed by atoms with Crippen LogP contribution in [0.3, 0.4) is 0 Å². The molecule has 0 rings (SSSR count). The maximum absolute atomic E-state index is 5.88. The van der Waals surface area contributed by atoms with Crippen LogP contribution in [0.25, 0.3) is 0 Å². The predicted molar refractivity (Wildman–Crippen MR) is 54.0 cm³/mol. The first-order chi connectivity index (χ1) is 5.45. The van der Waals surface area contributed by atoms with E-state index in [1.165, 1.54) is 0 Å². The summed E-state index contributed by atoms with van der Waals surface area (Å²) in [6.45, 7) is 8.01. The van der Waals surface area contributed by atoms with E-state index in [1.54, 1.807) is 0 Å². The van der Waals surface area contributed by atoms with E-state index in [2.05, 4.69) is 12.2 Å². The molecule has 0 aliphatic heterocycles. The van der Waals surface area contributed by atoms with Crippen molar-refractivity contribution < 1.29 is 0 Å². The number of nitrogens with two attached hydrogens (primary N) is 2. The smallest absolute Gasteiger partial charge is 0.0112 e. The maximum Gasteiger partial charge on any atom is 0.0112 e. The van der Waals surface area contributed by atoms with Crippen LogP contribution in [0.2, 0.25) is 0 Å². The van der Waals surface area contributed by atoms with Crippen molar-refractivity contribution in [1.82, 2.24) is 5.32 Å². The lowest BCUT2D eigenvalue weighted by molar-refractivity contribution is 0.389. The summed E-state index contributed by atoms with van der Waals surface area (Å²) < 4.78 is 0. The van der Waals surface area contributed by atoms with Crippen molar-refractivity contribution in [1.29, 1.82) is 0 Å². The van der Waals surface area contributed by atoms with Gasteiger partial charge in [-0.25, -0.2) is 0 Å². The summed E-state index contributed by atoms with van der Waals surface area (Å²) in [5, 5.41) is 3.38. The molecule has 74 valence electrons. The summed E-state index contributed by atoms with van der Waals surface area (Å²) >= 11 is 0. The fraction of sp³-hybridized carbons (Fsp3) is 1.00. The van der Waals surface area contributed by atoms with Gasteiger partial charge in [0.1, 0.15) is 0 Å². The average Bonchev–Trinajstić information content (AvgIpc) is 1.84. The van der Waals surface area contributed by atoms with E-state index in [0.717, 1.165) is 25.9 Å². The third kappa shape index (κ3) is 7.98. The zero-order valence-electron chi connectivity index (χ0n) is 8.56. The molecule has 0 aliphatic carbocycles. The Morgan fingerprint density at radius 3 is 2.42 bits per heavy atom. The minimum Gasteiger partial charge on any atom is -0.330 e. The van der Waals surface area contributed by atoms with Crippen LogP contribution in [0.5, 0.6) is 0 Å². The van der Waals surface area contributed by atoms with E-state index in [9.17, 15) is 0 Å². The first kappa shape index (κ1) is 11.9. The van der Waals surface area contributed by atoms with Crippen LogP contribution in [0.4, 0.5) is 0 Å². The first-order valence-electron chi connectivity index (χ1n) is 4.68. The molecule has 3 heteroatoms. The quantitative estimate of drug-likeness (QED) is 0.511. The highest BCUT2D eigenvalue weighted by Crippen LogP contribution is 2.06. The van der Waals surface area contributed by atoms with Gasteiger partial charge in [-0.1, -0.05) is 0 Å². The van der Waals surface area contributed by atoms with Crippen LogP contribution < -0.4 is 16.8 Å². The Bertz CT molecular complexity index is 107. The summed E-state index contributed by atoms with van der Waals surface area (Å²) in [4.78, 5) is 0. The van der Waals surface area contributed by atoms with E-state index < -0.39 is 0 Å². The lowest BCUT2D eigenvalue weighted by atomic mass is 9.97. The summed E-state index contributed by atoms with van der Waals surface area (Å²) in [6, 6.07) is 0.483. The average molecular weight is 173 g/mol. The minimum atomic E-state index is -0.0743.